The fourth-order valence-electron chi connectivity index (χ4n) is 1.42. The fourth-order valence-corrected chi connectivity index (χ4v) is 1.58. The molecule has 1 rings (SSSR count). The minimum atomic E-state index is -5.08. The Morgan fingerprint density at radius 1 is 1.35 bits per heavy atom. The van der Waals surface area contributed by atoms with E-state index in [2.05, 4.69) is 4.74 Å². The Kier molecular flexibility index (Phi) is 5.21. The van der Waals surface area contributed by atoms with E-state index in [4.69, 9.17) is 16.7 Å². The van der Waals surface area contributed by atoms with Crippen LogP contribution in [0.25, 0.3) is 0 Å². The summed E-state index contributed by atoms with van der Waals surface area (Å²) in [7, 11) is 0. The molecule has 5 nitrogen and oxygen atoms in total. The quantitative estimate of drug-likeness (QED) is 0.723. The number of hydrogen-bond donors (Lipinski definition) is 3. The largest absolute Gasteiger partial charge is 0.573 e. The number of benzene rings is 1. The molecule has 0 aliphatic rings. The molecule has 0 aliphatic heterocycles. The van der Waals surface area contributed by atoms with E-state index >= 15 is 0 Å². The standard InChI is InChI=1S/C11H10ClF3O5/c12-4-7(16)9(17)5-1-2-6(10(18)19)8(3-5)20-11(13,14)15/h1-3,7,9,16-17H,4H2,(H,18,19). The van der Waals surface area contributed by atoms with Crippen LogP contribution in [-0.2, 0) is 0 Å². The lowest BCUT2D eigenvalue weighted by Crippen LogP contribution is -2.22. The second kappa shape index (κ2) is 6.29. The van der Waals surface area contributed by atoms with Crippen LogP contribution in [0, 0.1) is 0 Å². The van der Waals surface area contributed by atoms with Crippen LogP contribution in [0.4, 0.5) is 13.2 Å². The fraction of sp³-hybridized carbons (Fsp3) is 0.364. The molecule has 1 aromatic carbocycles. The van der Waals surface area contributed by atoms with Crippen LogP contribution in [0.15, 0.2) is 18.2 Å². The van der Waals surface area contributed by atoms with Crippen molar-refractivity contribution in [2.75, 3.05) is 5.88 Å². The van der Waals surface area contributed by atoms with Crippen molar-refractivity contribution in [3.05, 3.63) is 29.3 Å². The number of alkyl halides is 4. The average Bonchev–Trinajstić information content (AvgIpc) is 2.34. The third-order valence-electron chi connectivity index (χ3n) is 2.33. The first-order chi connectivity index (χ1) is 9.15. The third kappa shape index (κ3) is 4.26. The highest BCUT2D eigenvalue weighted by Gasteiger charge is 2.33. The van der Waals surface area contributed by atoms with Crippen LogP contribution < -0.4 is 4.74 Å². The zero-order chi connectivity index (χ0) is 15.5. The molecule has 2 unspecified atom stereocenters. The molecule has 0 fully saturated rings. The van der Waals surface area contributed by atoms with E-state index in [-0.39, 0.29) is 11.4 Å². The molecule has 1 aromatic rings. The maximum atomic E-state index is 12.2. The highest BCUT2D eigenvalue weighted by atomic mass is 35.5. The van der Waals surface area contributed by atoms with Gasteiger partial charge in [0.2, 0.25) is 0 Å². The van der Waals surface area contributed by atoms with Gasteiger partial charge in [-0.25, -0.2) is 4.79 Å². The summed E-state index contributed by atoms with van der Waals surface area (Å²) >= 11 is 5.31. The molecular formula is C11H10ClF3O5. The lowest BCUT2D eigenvalue weighted by Gasteiger charge is -2.18. The first kappa shape index (κ1) is 16.5. The summed E-state index contributed by atoms with van der Waals surface area (Å²) < 4.78 is 40.2. The number of ether oxygens (including phenoxy) is 1. The predicted molar refractivity (Wildman–Crippen MR) is 61.8 cm³/mol. The van der Waals surface area contributed by atoms with Crippen molar-refractivity contribution < 1.29 is 38.0 Å². The van der Waals surface area contributed by atoms with Gasteiger partial charge in [-0.05, 0) is 17.7 Å². The first-order valence-electron chi connectivity index (χ1n) is 5.20. The Hall–Kier alpha value is -1.51. The number of aliphatic hydroxyl groups is 2. The highest BCUT2D eigenvalue weighted by molar-refractivity contribution is 6.18. The summed E-state index contributed by atoms with van der Waals surface area (Å²) in [5, 5.41) is 27.7. The molecule has 20 heavy (non-hydrogen) atoms. The normalized spacial score (nSPS) is 14.7. The Morgan fingerprint density at radius 3 is 2.40 bits per heavy atom. The van der Waals surface area contributed by atoms with E-state index in [0.29, 0.717) is 6.07 Å². The molecule has 2 atom stereocenters. The Labute approximate surface area is 116 Å². The Morgan fingerprint density at radius 2 is 1.95 bits per heavy atom. The van der Waals surface area contributed by atoms with Crippen molar-refractivity contribution >= 4 is 17.6 Å². The van der Waals surface area contributed by atoms with Crippen molar-refractivity contribution in [2.45, 2.75) is 18.6 Å². The zero-order valence-corrected chi connectivity index (χ0v) is 10.5. The third-order valence-corrected chi connectivity index (χ3v) is 2.64. The van der Waals surface area contributed by atoms with Gasteiger partial charge in [-0.2, -0.15) is 0 Å². The van der Waals surface area contributed by atoms with Crippen molar-refractivity contribution in [1.82, 2.24) is 0 Å². The van der Waals surface area contributed by atoms with E-state index in [1.807, 2.05) is 0 Å². The van der Waals surface area contributed by atoms with Crippen LogP contribution in [0.2, 0.25) is 0 Å². The molecule has 0 aliphatic carbocycles. The monoisotopic (exact) mass is 314 g/mol. The number of rotatable bonds is 5. The molecule has 0 saturated carbocycles. The lowest BCUT2D eigenvalue weighted by molar-refractivity contribution is -0.274. The molecule has 0 bridgehead atoms. The maximum Gasteiger partial charge on any atom is 0.573 e. The average molecular weight is 315 g/mol. The number of carboxylic acids is 1. The van der Waals surface area contributed by atoms with Gasteiger partial charge in [-0.15, -0.1) is 24.8 Å². The molecular weight excluding hydrogens is 305 g/mol. The minimum absolute atomic E-state index is 0.151. The van der Waals surface area contributed by atoms with Crippen molar-refractivity contribution in [3.63, 3.8) is 0 Å². The summed E-state index contributed by atoms with van der Waals surface area (Å²) in [5.74, 6) is -2.95. The van der Waals surface area contributed by atoms with Gasteiger partial charge in [0.05, 0.1) is 12.0 Å². The first-order valence-corrected chi connectivity index (χ1v) is 5.74. The van der Waals surface area contributed by atoms with Gasteiger partial charge in [-0.3, -0.25) is 0 Å². The molecule has 0 saturated heterocycles. The van der Waals surface area contributed by atoms with Gasteiger partial charge in [0.1, 0.15) is 17.4 Å². The summed E-state index contributed by atoms with van der Waals surface area (Å²) in [6, 6.07) is 2.59. The number of hydrogen-bond acceptors (Lipinski definition) is 4. The van der Waals surface area contributed by atoms with Gasteiger partial charge in [0.25, 0.3) is 0 Å². The van der Waals surface area contributed by atoms with Crippen molar-refractivity contribution in [1.29, 1.82) is 0 Å². The second-order valence-corrected chi connectivity index (χ2v) is 4.08. The SMILES string of the molecule is O=C(O)c1ccc(C(O)C(O)CCl)cc1OC(F)(F)F. The van der Waals surface area contributed by atoms with Crippen LogP contribution in [0.3, 0.4) is 0 Å². The van der Waals surface area contributed by atoms with Crippen LogP contribution in [0.1, 0.15) is 22.0 Å². The molecule has 9 heteroatoms. The lowest BCUT2D eigenvalue weighted by atomic mass is 10.0. The van der Waals surface area contributed by atoms with Gasteiger partial charge < -0.3 is 20.1 Å². The summed E-state index contributed by atoms with van der Waals surface area (Å²) in [6.45, 7) is 0. The van der Waals surface area contributed by atoms with Gasteiger partial charge in [0, 0.05) is 0 Å². The summed E-state index contributed by atoms with van der Waals surface area (Å²) in [6.07, 6.45) is -8.06. The second-order valence-electron chi connectivity index (χ2n) is 3.78. The van der Waals surface area contributed by atoms with Gasteiger partial charge >= 0.3 is 12.3 Å². The van der Waals surface area contributed by atoms with E-state index in [1.54, 1.807) is 0 Å². The Bertz CT molecular complexity index is 491. The summed E-state index contributed by atoms with van der Waals surface area (Å²) in [5.41, 5.74) is -0.874. The molecule has 0 aromatic heterocycles. The van der Waals surface area contributed by atoms with Crippen molar-refractivity contribution in [2.24, 2.45) is 0 Å². The summed E-state index contributed by atoms with van der Waals surface area (Å²) in [4.78, 5) is 10.8. The highest BCUT2D eigenvalue weighted by Crippen LogP contribution is 2.30. The number of aliphatic hydroxyl groups excluding tert-OH is 2. The number of aromatic carboxylic acids is 1. The van der Waals surface area contributed by atoms with E-state index in [9.17, 15) is 28.2 Å². The molecule has 112 valence electrons. The Balaban J connectivity index is 3.20. The van der Waals surface area contributed by atoms with Crippen molar-refractivity contribution in [3.8, 4) is 5.75 Å². The van der Waals surface area contributed by atoms with E-state index < -0.39 is 35.9 Å². The maximum absolute atomic E-state index is 12.2. The zero-order valence-electron chi connectivity index (χ0n) is 9.76. The van der Waals surface area contributed by atoms with Crippen LogP contribution >= 0.6 is 11.6 Å². The van der Waals surface area contributed by atoms with Gasteiger partial charge in [0.15, 0.2) is 0 Å². The topological polar surface area (TPSA) is 87.0 Å². The molecule has 0 heterocycles. The minimum Gasteiger partial charge on any atom is -0.478 e. The molecule has 0 radical (unpaired) electrons. The molecule has 0 amide bonds. The van der Waals surface area contributed by atoms with Gasteiger partial charge in [-0.1, -0.05) is 6.07 Å². The van der Waals surface area contributed by atoms with Crippen LogP contribution in [0.5, 0.6) is 5.75 Å². The van der Waals surface area contributed by atoms with E-state index in [0.717, 1.165) is 12.1 Å². The van der Waals surface area contributed by atoms with Crippen LogP contribution in [-0.4, -0.2) is 39.6 Å². The molecule has 0 spiro atoms. The van der Waals surface area contributed by atoms with E-state index in [1.165, 1.54) is 0 Å². The number of carbonyl (C=O) groups is 1. The smallest absolute Gasteiger partial charge is 0.478 e. The predicted octanol–water partition coefficient (Wildman–Crippen LogP) is 1.92. The number of halogens is 4. The molecule has 3 N–H and O–H groups in total. The number of carboxylic acid groups (broad SMARTS) is 1.